The van der Waals surface area contributed by atoms with Gasteiger partial charge in [-0.2, -0.15) is 0 Å². The predicted molar refractivity (Wildman–Crippen MR) is 55.0 cm³/mol. The fraction of sp³-hybridized carbons (Fsp3) is 0. The molecule has 2 aromatic rings. The van der Waals surface area contributed by atoms with Crippen LogP contribution < -0.4 is 11.6 Å². The lowest BCUT2D eigenvalue weighted by molar-refractivity contribution is 0.629. The zero-order chi connectivity index (χ0) is 11.0. The maximum absolute atomic E-state index is 13.5. The van der Waals surface area contributed by atoms with Gasteiger partial charge in [-0.3, -0.25) is 0 Å². The van der Waals surface area contributed by atoms with E-state index >= 15 is 0 Å². The van der Waals surface area contributed by atoms with Crippen LogP contribution in [-0.2, 0) is 0 Å². The first-order valence-corrected chi connectivity index (χ1v) is 4.39. The van der Waals surface area contributed by atoms with E-state index in [4.69, 9.17) is 23.2 Å². The van der Waals surface area contributed by atoms with Gasteiger partial charge >= 0.3 is 0 Å². The molecule has 0 unspecified atom stereocenters. The van der Waals surface area contributed by atoms with E-state index in [9.17, 15) is 4.39 Å². The van der Waals surface area contributed by atoms with Crippen molar-refractivity contribution in [2.45, 2.75) is 0 Å². The van der Waals surface area contributed by atoms with Crippen molar-refractivity contribution in [1.29, 1.82) is 0 Å². The number of nitrogens with zero attached hydrogens (tertiary/aromatic N) is 3. The molecule has 0 amide bonds. The Morgan fingerprint density at radius 2 is 2.07 bits per heavy atom. The van der Waals surface area contributed by atoms with E-state index in [1.165, 1.54) is 18.2 Å². The smallest absolute Gasteiger partial charge is 0.241 e. The average Bonchev–Trinajstić information content (AvgIpc) is 2.49. The number of nitrogen functional groups attached to an aromatic ring is 2. The lowest BCUT2D eigenvalue weighted by atomic mass is 10.2. The highest BCUT2D eigenvalue weighted by molar-refractivity contribution is 6.30. The molecule has 0 aliphatic heterocycles. The topological polar surface area (TPSA) is 82.8 Å². The van der Waals surface area contributed by atoms with Gasteiger partial charge in [-0.15, -0.1) is 10.2 Å². The first-order chi connectivity index (χ1) is 7.09. The van der Waals surface area contributed by atoms with Gasteiger partial charge in [0.1, 0.15) is 5.82 Å². The number of hydrogen-bond donors (Lipinski definition) is 2. The Bertz CT molecular complexity index is 510. The standard InChI is InChI=1S/C8H7ClFN5/c9-4-1-2-5(6(10)3-4)7-13-14-8(11)15(7)12/h1-3H,12H2,(H2,11,14). The van der Waals surface area contributed by atoms with Crippen molar-refractivity contribution in [3.05, 3.63) is 29.0 Å². The second-order valence-corrected chi connectivity index (χ2v) is 3.31. The molecule has 0 radical (unpaired) electrons. The molecule has 0 saturated heterocycles. The monoisotopic (exact) mass is 227 g/mol. The third-order valence-corrected chi connectivity index (χ3v) is 2.13. The third-order valence-electron chi connectivity index (χ3n) is 1.89. The molecular weight excluding hydrogens is 221 g/mol. The fourth-order valence-electron chi connectivity index (χ4n) is 1.16. The molecule has 1 heterocycles. The van der Waals surface area contributed by atoms with E-state index in [0.29, 0.717) is 5.02 Å². The summed E-state index contributed by atoms with van der Waals surface area (Å²) in [7, 11) is 0. The summed E-state index contributed by atoms with van der Waals surface area (Å²) in [6.07, 6.45) is 0. The van der Waals surface area contributed by atoms with Crippen LogP contribution in [0.5, 0.6) is 0 Å². The Hall–Kier alpha value is -1.82. The molecule has 2 rings (SSSR count). The van der Waals surface area contributed by atoms with Crippen molar-refractivity contribution in [2.24, 2.45) is 0 Å². The molecule has 0 atom stereocenters. The maximum atomic E-state index is 13.5. The Morgan fingerprint density at radius 3 is 2.60 bits per heavy atom. The van der Waals surface area contributed by atoms with Crippen LogP contribution >= 0.6 is 11.6 Å². The predicted octanol–water partition coefficient (Wildman–Crippen LogP) is 1.03. The van der Waals surface area contributed by atoms with Crippen molar-refractivity contribution in [1.82, 2.24) is 14.9 Å². The summed E-state index contributed by atoms with van der Waals surface area (Å²) in [5.74, 6) is 5.15. The van der Waals surface area contributed by atoms with Crippen LogP contribution in [0.1, 0.15) is 0 Å². The maximum Gasteiger partial charge on any atom is 0.241 e. The zero-order valence-electron chi connectivity index (χ0n) is 7.48. The number of nitrogens with two attached hydrogens (primary N) is 2. The second kappa shape index (κ2) is 3.39. The van der Waals surface area contributed by atoms with Crippen LogP contribution in [-0.4, -0.2) is 14.9 Å². The van der Waals surface area contributed by atoms with Gasteiger partial charge < -0.3 is 11.6 Å². The minimum Gasteiger partial charge on any atom is -0.366 e. The molecule has 0 aliphatic rings. The second-order valence-electron chi connectivity index (χ2n) is 2.88. The third kappa shape index (κ3) is 1.59. The molecule has 15 heavy (non-hydrogen) atoms. The van der Waals surface area contributed by atoms with Gasteiger partial charge in [0.25, 0.3) is 0 Å². The first kappa shape index (κ1) is 9.72. The average molecular weight is 228 g/mol. The van der Waals surface area contributed by atoms with Crippen LogP contribution in [0.15, 0.2) is 18.2 Å². The van der Waals surface area contributed by atoms with Crippen LogP contribution in [0.3, 0.4) is 0 Å². The molecule has 0 spiro atoms. The Labute approximate surface area is 89.4 Å². The summed E-state index contributed by atoms with van der Waals surface area (Å²) in [5, 5.41) is 7.48. The number of rotatable bonds is 1. The molecule has 4 N–H and O–H groups in total. The number of benzene rings is 1. The molecule has 1 aromatic carbocycles. The van der Waals surface area contributed by atoms with Crippen molar-refractivity contribution in [3.63, 3.8) is 0 Å². The van der Waals surface area contributed by atoms with Crippen LogP contribution in [0, 0.1) is 5.82 Å². The van der Waals surface area contributed by atoms with E-state index < -0.39 is 5.82 Å². The van der Waals surface area contributed by atoms with Gasteiger partial charge in [-0.25, -0.2) is 9.07 Å². The van der Waals surface area contributed by atoms with Crippen molar-refractivity contribution in [3.8, 4) is 11.4 Å². The summed E-state index contributed by atoms with van der Waals surface area (Å²) >= 11 is 5.61. The Morgan fingerprint density at radius 1 is 1.33 bits per heavy atom. The lowest BCUT2D eigenvalue weighted by Gasteiger charge is -2.02. The lowest BCUT2D eigenvalue weighted by Crippen LogP contribution is -2.13. The van der Waals surface area contributed by atoms with Gasteiger partial charge in [0.2, 0.25) is 5.95 Å². The molecule has 0 bridgehead atoms. The highest BCUT2D eigenvalue weighted by Gasteiger charge is 2.13. The normalized spacial score (nSPS) is 10.5. The van der Waals surface area contributed by atoms with Crippen molar-refractivity contribution >= 4 is 17.5 Å². The van der Waals surface area contributed by atoms with Crippen LogP contribution in [0.4, 0.5) is 10.3 Å². The SMILES string of the molecule is Nc1nnc(-c2ccc(Cl)cc2F)n1N. The molecule has 1 aromatic heterocycles. The minimum atomic E-state index is -0.526. The molecule has 0 fully saturated rings. The van der Waals surface area contributed by atoms with E-state index in [1.807, 2.05) is 0 Å². The number of anilines is 1. The van der Waals surface area contributed by atoms with E-state index in [2.05, 4.69) is 10.2 Å². The highest BCUT2D eigenvalue weighted by Crippen LogP contribution is 2.23. The molecule has 7 heteroatoms. The van der Waals surface area contributed by atoms with Crippen LogP contribution in [0.25, 0.3) is 11.4 Å². The summed E-state index contributed by atoms with van der Waals surface area (Å²) < 4.78 is 14.5. The summed E-state index contributed by atoms with van der Waals surface area (Å²) in [5.41, 5.74) is 5.57. The fourth-order valence-corrected chi connectivity index (χ4v) is 1.32. The molecule has 0 aliphatic carbocycles. The summed E-state index contributed by atoms with van der Waals surface area (Å²) in [6, 6.07) is 4.16. The van der Waals surface area contributed by atoms with Gasteiger partial charge in [0.05, 0.1) is 5.56 Å². The number of hydrogen-bond acceptors (Lipinski definition) is 4. The number of aromatic nitrogens is 3. The summed E-state index contributed by atoms with van der Waals surface area (Å²) in [6.45, 7) is 0. The molecule has 78 valence electrons. The summed E-state index contributed by atoms with van der Waals surface area (Å²) in [4.78, 5) is 0. The quantitative estimate of drug-likeness (QED) is 0.713. The molecule has 0 saturated carbocycles. The Balaban J connectivity index is 2.59. The molecular formula is C8H7ClFN5. The van der Waals surface area contributed by atoms with Gasteiger partial charge in [-0.05, 0) is 18.2 Å². The van der Waals surface area contributed by atoms with E-state index in [0.717, 1.165) is 4.68 Å². The largest absolute Gasteiger partial charge is 0.366 e. The van der Waals surface area contributed by atoms with Crippen molar-refractivity contribution < 1.29 is 4.39 Å². The van der Waals surface area contributed by atoms with Crippen molar-refractivity contribution in [2.75, 3.05) is 11.6 Å². The number of halogens is 2. The van der Waals surface area contributed by atoms with E-state index in [-0.39, 0.29) is 17.3 Å². The van der Waals surface area contributed by atoms with E-state index in [1.54, 1.807) is 0 Å². The van der Waals surface area contributed by atoms with Gasteiger partial charge in [0, 0.05) is 5.02 Å². The van der Waals surface area contributed by atoms with Gasteiger partial charge in [0.15, 0.2) is 5.82 Å². The highest BCUT2D eigenvalue weighted by atomic mass is 35.5. The Kier molecular flexibility index (Phi) is 2.20. The van der Waals surface area contributed by atoms with Crippen LogP contribution in [0.2, 0.25) is 5.02 Å². The zero-order valence-corrected chi connectivity index (χ0v) is 8.24. The van der Waals surface area contributed by atoms with Gasteiger partial charge in [-0.1, -0.05) is 11.6 Å². The minimum absolute atomic E-state index is 0.0133. The first-order valence-electron chi connectivity index (χ1n) is 4.01. The molecule has 5 nitrogen and oxygen atoms in total.